The third-order valence-corrected chi connectivity index (χ3v) is 3.99. The molecule has 1 aromatic rings. The molecule has 0 saturated carbocycles. The Hall–Kier alpha value is -2.81. The van der Waals surface area contributed by atoms with Crippen LogP contribution in [0.15, 0.2) is 11.3 Å². The van der Waals surface area contributed by atoms with E-state index in [1.807, 2.05) is 0 Å². The van der Waals surface area contributed by atoms with E-state index < -0.39 is 42.5 Å². The van der Waals surface area contributed by atoms with Crippen LogP contribution in [0.5, 0.6) is 0 Å². The van der Waals surface area contributed by atoms with Gasteiger partial charge in [0, 0.05) is 6.54 Å². The smallest absolute Gasteiger partial charge is 0.323 e. The van der Waals surface area contributed by atoms with Crippen molar-refractivity contribution in [1.82, 2.24) is 14.8 Å². The van der Waals surface area contributed by atoms with E-state index in [4.69, 9.17) is 32.4 Å². The fourth-order valence-electron chi connectivity index (χ4n) is 2.50. The van der Waals surface area contributed by atoms with Crippen LogP contribution in [-0.4, -0.2) is 80.3 Å². The lowest BCUT2D eigenvalue weighted by atomic mass is 10.1. The summed E-state index contributed by atoms with van der Waals surface area (Å²) in [6.45, 7) is -0.0145. The highest BCUT2D eigenvalue weighted by atomic mass is 16.6. The number of hydrogen-bond donors (Lipinski definition) is 6. The summed E-state index contributed by atoms with van der Waals surface area (Å²) in [5, 5.41) is 24.0. The third-order valence-electron chi connectivity index (χ3n) is 3.99. The fraction of sp³-hybridized carbons (Fsp3) is 0.643. The highest BCUT2D eigenvalue weighted by Crippen LogP contribution is 2.29. The zero-order valence-corrected chi connectivity index (χ0v) is 14.9. The second kappa shape index (κ2) is 9.41. The first-order valence-electron chi connectivity index (χ1n) is 8.41. The molecule has 14 nitrogen and oxygen atoms in total. The molecule has 1 amide bonds. The van der Waals surface area contributed by atoms with Crippen LogP contribution in [0, 0.1) is 0 Å². The first-order valence-corrected chi connectivity index (χ1v) is 8.41. The molecule has 0 radical (unpaired) electrons. The molecule has 1 aromatic heterocycles. The number of hydrogen-bond acceptors (Lipinski definition) is 10. The number of guanidine groups is 1. The molecular formula is C14H24N8O6. The molecule has 2 heterocycles. The van der Waals surface area contributed by atoms with E-state index in [-0.39, 0.29) is 18.4 Å². The summed E-state index contributed by atoms with van der Waals surface area (Å²) in [4.78, 5) is 30.4. The van der Waals surface area contributed by atoms with Gasteiger partial charge in [-0.3, -0.25) is 14.6 Å². The van der Waals surface area contributed by atoms with Gasteiger partial charge in [0.1, 0.15) is 37.3 Å². The number of amides is 1. The van der Waals surface area contributed by atoms with E-state index in [1.54, 1.807) is 0 Å². The monoisotopic (exact) mass is 400 g/mol. The minimum Gasteiger partial charge on any atom is -0.462 e. The van der Waals surface area contributed by atoms with E-state index in [1.165, 1.54) is 0 Å². The Labute approximate surface area is 159 Å². The summed E-state index contributed by atoms with van der Waals surface area (Å²) in [6.07, 6.45) is -3.01. The SMILES string of the molecule is NC(=O)c1ncn([C@@H]2O[C@H](COC(=O)[C@H](N)CCCN=C(N)N)[C@@H](O)[C@H]2O)n1. The molecule has 2 rings (SSSR count). The Kier molecular flexibility index (Phi) is 7.22. The van der Waals surface area contributed by atoms with Crippen LogP contribution in [0.4, 0.5) is 0 Å². The number of aliphatic hydroxyl groups is 2. The Morgan fingerprint density at radius 2 is 2.04 bits per heavy atom. The van der Waals surface area contributed by atoms with Gasteiger partial charge >= 0.3 is 5.97 Å². The number of aliphatic imine (C=N–C) groups is 1. The number of nitrogens with two attached hydrogens (primary N) is 4. The van der Waals surface area contributed by atoms with Gasteiger partial charge < -0.3 is 42.6 Å². The van der Waals surface area contributed by atoms with E-state index in [9.17, 15) is 19.8 Å². The number of ether oxygens (including phenoxy) is 2. The van der Waals surface area contributed by atoms with Gasteiger partial charge in [-0.1, -0.05) is 0 Å². The summed E-state index contributed by atoms with van der Waals surface area (Å²) in [5.74, 6) is -1.87. The van der Waals surface area contributed by atoms with Gasteiger partial charge in [0.25, 0.3) is 5.91 Å². The quantitative estimate of drug-likeness (QED) is 0.101. The fourth-order valence-corrected chi connectivity index (χ4v) is 2.50. The standard InChI is InChI=1S/C14H24N8O6/c15-6(2-1-3-19-14(17)18)13(26)27-4-7-8(23)9(24)12(28-7)22-5-20-11(21-22)10(16)25/h5-9,12,23-24H,1-4,15H2,(H2,16,25)(H4,17,18,19)/t6-,7-,8-,9-,12-/m1/s1. The van der Waals surface area contributed by atoms with Gasteiger partial charge in [-0.25, -0.2) is 9.67 Å². The average molecular weight is 400 g/mol. The molecule has 14 heteroatoms. The van der Waals surface area contributed by atoms with Gasteiger partial charge in [0.2, 0.25) is 5.82 Å². The Balaban J connectivity index is 1.84. The van der Waals surface area contributed by atoms with Crippen LogP contribution in [0.2, 0.25) is 0 Å². The minimum atomic E-state index is -1.39. The molecular weight excluding hydrogens is 376 g/mol. The van der Waals surface area contributed by atoms with Crippen LogP contribution >= 0.6 is 0 Å². The van der Waals surface area contributed by atoms with Crippen molar-refractivity contribution in [2.45, 2.75) is 43.4 Å². The van der Waals surface area contributed by atoms with Gasteiger partial charge in [0.15, 0.2) is 12.2 Å². The van der Waals surface area contributed by atoms with Gasteiger partial charge in [-0.05, 0) is 12.8 Å². The Morgan fingerprint density at radius 3 is 2.64 bits per heavy atom. The first kappa shape index (κ1) is 21.5. The maximum atomic E-state index is 11.9. The lowest BCUT2D eigenvalue weighted by Crippen LogP contribution is -2.38. The van der Waals surface area contributed by atoms with Crippen molar-refractivity contribution in [2.75, 3.05) is 13.2 Å². The topological polar surface area (TPSA) is 240 Å². The lowest BCUT2D eigenvalue weighted by molar-refractivity contribution is -0.152. The minimum absolute atomic E-state index is 0.0491. The summed E-state index contributed by atoms with van der Waals surface area (Å²) < 4.78 is 11.6. The number of primary amides is 1. The maximum absolute atomic E-state index is 11.9. The van der Waals surface area contributed by atoms with E-state index in [0.29, 0.717) is 19.4 Å². The number of esters is 1. The van der Waals surface area contributed by atoms with Crippen molar-refractivity contribution in [3.05, 3.63) is 12.2 Å². The number of aromatic nitrogens is 3. The summed E-state index contributed by atoms with van der Waals surface area (Å²) in [7, 11) is 0. The van der Waals surface area contributed by atoms with Crippen molar-refractivity contribution in [1.29, 1.82) is 0 Å². The largest absolute Gasteiger partial charge is 0.462 e. The van der Waals surface area contributed by atoms with Crippen LogP contribution in [0.1, 0.15) is 29.7 Å². The predicted molar refractivity (Wildman–Crippen MR) is 93.3 cm³/mol. The highest BCUT2D eigenvalue weighted by Gasteiger charge is 2.45. The molecule has 156 valence electrons. The molecule has 1 fully saturated rings. The molecule has 1 aliphatic rings. The zero-order valence-electron chi connectivity index (χ0n) is 14.9. The van der Waals surface area contributed by atoms with E-state index in [2.05, 4.69) is 15.1 Å². The van der Waals surface area contributed by atoms with Gasteiger partial charge in [0.05, 0.1) is 0 Å². The molecule has 0 unspecified atom stereocenters. The number of nitrogens with zero attached hydrogens (tertiary/aromatic N) is 4. The molecule has 10 N–H and O–H groups in total. The molecule has 1 saturated heterocycles. The van der Waals surface area contributed by atoms with Gasteiger partial charge in [-0.2, -0.15) is 0 Å². The summed E-state index contributed by atoms with van der Waals surface area (Å²) in [6, 6.07) is -0.901. The van der Waals surface area contributed by atoms with Crippen molar-refractivity contribution >= 4 is 17.8 Å². The van der Waals surface area contributed by atoms with Crippen molar-refractivity contribution < 1.29 is 29.3 Å². The Morgan fingerprint density at radius 1 is 1.32 bits per heavy atom. The second-order valence-electron chi connectivity index (χ2n) is 6.14. The van der Waals surface area contributed by atoms with Crippen LogP contribution < -0.4 is 22.9 Å². The first-order chi connectivity index (χ1) is 13.2. The lowest BCUT2D eigenvalue weighted by Gasteiger charge is -2.16. The van der Waals surface area contributed by atoms with E-state index >= 15 is 0 Å². The molecule has 1 aliphatic heterocycles. The Bertz CT molecular complexity index is 720. The van der Waals surface area contributed by atoms with Crippen LogP contribution in [-0.2, 0) is 14.3 Å². The van der Waals surface area contributed by atoms with Crippen molar-refractivity contribution in [3.8, 4) is 0 Å². The van der Waals surface area contributed by atoms with Crippen molar-refractivity contribution in [2.24, 2.45) is 27.9 Å². The highest BCUT2D eigenvalue weighted by molar-refractivity contribution is 5.88. The summed E-state index contributed by atoms with van der Waals surface area (Å²) >= 11 is 0. The number of carbonyl (C=O) groups excluding carboxylic acids is 2. The van der Waals surface area contributed by atoms with Crippen LogP contribution in [0.3, 0.4) is 0 Å². The van der Waals surface area contributed by atoms with Gasteiger partial charge in [-0.15, -0.1) is 5.10 Å². The molecule has 0 aromatic carbocycles. The molecule has 0 bridgehead atoms. The van der Waals surface area contributed by atoms with Crippen LogP contribution in [0.25, 0.3) is 0 Å². The average Bonchev–Trinajstić information content (AvgIpc) is 3.23. The zero-order chi connectivity index (χ0) is 20.8. The molecule has 0 spiro atoms. The second-order valence-corrected chi connectivity index (χ2v) is 6.14. The molecule has 0 aliphatic carbocycles. The van der Waals surface area contributed by atoms with Crippen molar-refractivity contribution in [3.63, 3.8) is 0 Å². The maximum Gasteiger partial charge on any atom is 0.323 e. The normalized spacial score (nSPS) is 25.2. The molecule has 5 atom stereocenters. The number of aliphatic hydroxyl groups excluding tert-OH is 2. The molecule has 28 heavy (non-hydrogen) atoms. The number of rotatable bonds is 9. The number of carbonyl (C=O) groups is 2. The predicted octanol–water partition coefficient (Wildman–Crippen LogP) is -4.08. The van der Waals surface area contributed by atoms with E-state index in [0.717, 1.165) is 11.0 Å². The summed E-state index contributed by atoms with van der Waals surface area (Å²) in [5.41, 5.74) is 21.2. The third kappa shape index (κ3) is 5.35.